The molecule has 0 saturated carbocycles. The lowest BCUT2D eigenvalue weighted by Gasteiger charge is -2.26. The van der Waals surface area contributed by atoms with E-state index in [1.165, 1.54) is 6.08 Å². The Morgan fingerprint density at radius 1 is 1.11 bits per heavy atom. The number of nitrogens with zero attached hydrogens (tertiary/aromatic N) is 4. The molecule has 0 aliphatic rings. The third-order valence-corrected chi connectivity index (χ3v) is 6.86. The van der Waals surface area contributed by atoms with Gasteiger partial charge in [0, 0.05) is 49.9 Å². The number of methoxy groups -OCH3 is 1. The Hall–Kier alpha value is -4.15. The molecule has 4 rings (SSSR count). The molecular formula is C28H33N7O2S. The van der Waals surface area contributed by atoms with Crippen molar-refractivity contribution in [1.82, 2.24) is 14.9 Å². The van der Waals surface area contributed by atoms with Crippen LogP contribution in [-0.2, 0) is 4.79 Å². The van der Waals surface area contributed by atoms with Crippen LogP contribution >= 0.6 is 11.3 Å². The lowest BCUT2D eigenvalue weighted by molar-refractivity contribution is -0.111. The second-order valence-corrected chi connectivity index (χ2v) is 9.87. The fraction of sp³-hybridized carbons (Fsp3) is 0.250. The third-order valence-electron chi connectivity index (χ3n) is 6.05. The van der Waals surface area contributed by atoms with Crippen molar-refractivity contribution in [1.29, 1.82) is 0 Å². The van der Waals surface area contributed by atoms with E-state index in [1.54, 1.807) is 18.4 Å². The van der Waals surface area contributed by atoms with Gasteiger partial charge in [0.15, 0.2) is 0 Å². The first kappa shape index (κ1) is 26.9. The molecule has 38 heavy (non-hydrogen) atoms. The highest BCUT2D eigenvalue weighted by atomic mass is 32.1. The molecule has 10 heteroatoms. The van der Waals surface area contributed by atoms with Crippen LogP contribution in [0.5, 0.6) is 5.75 Å². The van der Waals surface area contributed by atoms with E-state index in [2.05, 4.69) is 38.4 Å². The van der Waals surface area contributed by atoms with Crippen LogP contribution in [0.25, 0.3) is 21.5 Å². The Kier molecular flexibility index (Phi) is 8.45. The van der Waals surface area contributed by atoms with Crippen molar-refractivity contribution in [3.05, 3.63) is 60.5 Å². The first-order valence-corrected chi connectivity index (χ1v) is 13.0. The molecule has 0 bridgehead atoms. The normalized spacial score (nSPS) is 10.9. The highest BCUT2D eigenvalue weighted by Crippen LogP contribution is 2.39. The predicted octanol–water partition coefficient (Wildman–Crippen LogP) is 5.27. The van der Waals surface area contributed by atoms with Crippen LogP contribution in [0.3, 0.4) is 0 Å². The standard InChI is InChI=1S/C28H33N7O2S/c1-7-25(36)30-21-16-22(24(37-6)17-23(21)35(5)13-12-34(3)4)31-28-32-26(20-11-14-38-27(20)33-28)18-9-8-10-19(15-18)29-2/h7-11,14-17,29H,1,12-13H2,2-6H3,(H,30,36)(H,31,32,33). The van der Waals surface area contributed by atoms with Crippen molar-refractivity contribution in [3.8, 4) is 17.0 Å². The van der Waals surface area contributed by atoms with Crippen molar-refractivity contribution in [2.24, 2.45) is 0 Å². The average Bonchev–Trinajstić information content (AvgIpc) is 3.40. The van der Waals surface area contributed by atoms with Gasteiger partial charge in [-0.2, -0.15) is 0 Å². The van der Waals surface area contributed by atoms with E-state index in [0.29, 0.717) is 23.1 Å². The quantitative estimate of drug-likeness (QED) is 0.225. The molecule has 0 aliphatic carbocycles. The van der Waals surface area contributed by atoms with E-state index in [9.17, 15) is 4.79 Å². The number of ether oxygens (including phenoxy) is 1. The second kappa shape index (κ2) is 11.9. The van der Waals surface area contributed by atoms with E-state index in [0.717, 1.165) is 45.9 Å². The summed E-state index contributed by atoms with van der Waals surface area (Å²) < 4.78 is 5.74. The Morgan fingerprint density at radius 3 is 2.63 bits per heavy atom. The zero-order valence-corrected chi connectivity index (χ0v) is 23.1. The fourth-order valence-electron chi connectivity index (χ4n) is 3.98. The number of amides is 1. The van der Waals surface area contributed by atoms with Gasteiger partial charge in [-0.15, -0.1) is 11.3 Å². The van der Waals surface area contributed by atoms with E-state index >= 15 is 0 Å². The van der Waals surface area contributed by atoms with Gasteiger partial charge in [-0.05, 0) is 49.8 Å². The summed E-state index contributed by atoms with van der Waals surface area (Å²) in [4.78, 5) is 27.0. The number of fused-ring (bicyclic) bond motifs is 1. The van der Waals surface area contributed by atoms with Gasteiger partial charge in [0.2, 0.25) is 11.9 Å². The SMILES string of the molecule is C=CC(=O)Nc1cc(Nc2nc(-c3cccc(NC)c3)c3ccsc3n2)c(OC)cc1N(C)CCN(C)C. The Bertz CT molecular complexity index is 1450. The molecule has 0 spiro atoms. The van der Waals surface area contributed by atoms with Crippen LogP contribution in [0.4, 0.5) is 28.7 Å². The minimum Gasteiger partial charge on any atom is -0.494 e. The van der Waals surface area contributed by atoms with E-state index < -0.39 is 0 Å². The maximum absolute atomic E-state index is 12.3. The fourth-order valence-corrected chi connectivity index (χ4v) is 4.74. The topological polar surface area (TPSA) is 94.6 Å². The van der Waals surface area contributed by atoms with Gasteiger partial charge in [-0.3, -0.25) is 4.79 Å². The van der Waals surface area contributed by atoms with Crippen molar-refractivity contribution in [2.75, 3.05) is 69.2 Å². The number of hydrogen-bond donors (Lipinski definition) is 3. The maximum Gasteiger partial charge on any atom is 0.247 e. The van der Waals surface area contributed by atoms with Gasteiger partial charge in [-0.1, -0.05) is 18.7 Å². The van der Waals surface area contributed by atoms with Crippen molar-refractivity contribution in [3.63, 3.8) is 0 Å². The van der Waals surface area contributed by atoms with Crippen LogP contribution in [0, 0.1) is 0 Å². The van der Waals surface area contributed by atoms with Crippen LogP contribution in [0.2, 0.25) is 0 Å². The molecule has 198 valence electrons. The Morgan fingerprint density at radius 2 is 1.92 bits per heavy atom. The first-order chi connectivity index (χ1) is 18.3. The Balaban J connectivity index is 1.77. The van der Waals surface area contributed by atoms with Crippen molar-refractivity contribution in [2.45, 2.75) is 0 Å². The molecule has 1 amide bonds. The van der Waals surface area contributed by atoms with Crippen LogP contribution in [0.1, 0.15) is 0 Å². The van der Waals surface area contributed by atoms with Gasteiger partial charge in [0.25, 0.3) is 0 Å². The van der Waals surface area contributed by atoms with Crippen LogP contribution in [0.15, 0.2) is 60.5 Å². The average molecular weight is 532 g/mol. The number of likely N-dealkylation sites (N-methyl/N-ethyl adjacent to an activating group) is 2. The summed E-state index contributed by atoms with van der Waals surface area (Å²) in [6, 6.07) is 13.9. The number of rotatable bonds is 11. The highest BCUT2D eigenvalue weighted by Gasteiger charge is 2.18. The summed E-state index contributed by atoms with van der Waals surface area (Å²) in [7, 11) is 9.53. The summed E-state index contributed by atoms with van der Waals surface area (Å²) >= 11 is 1.55. The number of anilines is 5. The van der Waals surface area contributed by atoms with Crippen molar-refractivity contribution >= 4 is 56.2 Å². The van der Waals surface area contributed by atoms with Crippen LogP contribution in [-0.4, -0.2) is 69.2 Å². The Labute approximate surface area is 227 Å². The minimum atomic E-state index is -0.300. The van der Waals surface area contributed by atoms with Gasteiger partial charge in [0.05, 0.1) is 29.9 Å². The van der Waals surface area contributed by atoms with Gasteiger partial charge in [-0.25, -0.2) is 9.97 Å². The van der Waals surface area contributed by atoms with Gasteiger partial charge in [0.1, 0.15) is 10.6 Å². The molecule has 3 N–H and O–H groups in total. The number of nitrogens with one attached hydrogen (secondary N) is 3. The first-order valence-electron chi connectivity index (χ1n) is 12.1. The smallest absolute Gasteiger partial charge is 0.247 e. The largest absolute Gasteiger partial charge is 0.494 e. The second-order valence-electron chi connectivity index (χ2n) is 8.98. The molecular weight excluding hydrogens is 498 g/mol. The van der Waals surface area contributed by atoms with E-state index in [4.69, 9.17) is 14.7 Å². The number of hydrogen-bond acceptors (Lipinski definition) is 9. The molecule has 0 saturated heterocycles. The molecule has 0 atom stereocenters. The zero-order chi connectivity index (χ0) is 27.2. The summed E-state index contributed by atoms with van der Waals surface area (Å²) in [5.41, 5.74) is 4.88. The lowest BCUT2D eigenvalue weighted by atomic mass is 10.1. The molecule has 4 aromatic rings. The van der Waals surface area contributed by atoms with E-state index in [1.807, 2.05) is 70.0 Å². The number of aromatic nitrogens is 2. The molecule has 2 aromatic heterocycles. The number of benzene rings is 2. The molecule has 9 nitrogen and oxygen atoms in total. The number of carbonyl (C=O) groups excluding carboxylic acids is 1. The number of thiophene rings is 1. The summed E-state index contributed by atoms with van der Waals surface area (Å²) in [6.07, 6.45) is 1.25. The molecule has 2 aromatic carbocycles. The third kappa shape index (κ3) is 6.04. The number of carbonyl (C=O) groups is 1. The minimum absolute atomic E-state index is 0.300. The maximum atomic E-state index is 12.3. The lowest BCUT2D eigenvalue weighted by Crippen LogP contribution is -2.29. The summed E-state index contributed by atoms with van der Waals surface area (Å²) in [5, 5.41) is 12.4. The zero-order valence-electron chi connectivity index (χ0n) is 22.3. The van der Waals surface area contributed by atoms with E-state index in [-0.39, 0.29) is 5.91 Å². The molecule has 0 aliphatic heterocycles. The summed E-state index contributed by atoms with van der Waals surface area (Å²) in [5.74, 6) is 0.728. The molecule has 0 fully saturated rings. The highest BCUT2D eigenvalue weighted by molar-refractivity contribution is 7.16. The molecule has 0 unspecified atom stereocenters. The van der Waals surface area contributed by atoms with Gasteiger partial charge < -0.3 is 30.5 Å². The van der Waals surface area contributed by atoms with Crippen molar-refractivity contribution < 1.29 is 9.53 Å². The van der Waals surface area contributed by atoms with Gasteiger partial charge >= 0.3 is 0 Å². The molecule has 0 radical (unpaired) electrons. The predicted molar refractivity (Wildman–Crippen MR) is 159 cm³/mol. The van der Waals surface area contributed by atoms with Crippen LogP contribution < -0.4 is 25.6 Å². The summed E-state index contributed by atoms with van der Waals surface area (Å²) in [6.45, 7) is 5.20. The molecule has 2 heterocycles. The monoisotopic (exact) mass is 531 g/mol.